The van der Waals surface area contributed by atoms with Gasteiger partial charge in [0.15, 0.2) is 11.0 Å². The zero-order valence-corrected chi connectivity index (χ0v) is 17.0. The highest BCUT2D eigenvalue weighted by atomic mass is 32.2. The maximum Gasteiger partial charge on any atom is 0.259 e. The largest absolute Gasteiger partial charge is 0.309 e. The van der Waals surface area contributed by atoms with Gasteiger partial charge in [-0.3, -0.25) is 9.78 Å². The Bertz CT molecular complexity index is 1180. The molecule has 0 aliphatic rings. The van der Waals surface area contributed by atoms with Crippen molar-refractivity contribution in [1.29, 1.82) is 0 Å². The normalized spacial score (nSPS) is 12.6. The molecule has 4 rings (SSSR count). The number of pyridine rings is 1. The molecule has 9 heteroatoms. The quantitative estimate of drug-likeness (QED) is 0.528. The fourth-order valence-corrected chi connectivity index (χ4v) is 4.76. The summed E-state index contributed by atoms with van der Waals surface area (Å²) in [7, 11) is 1.93. The summed E-state index contributed by atoms with van der Waals surface area (Å²) in [5.74, 6) is 1.42. The SMILES string of the molecule is Cc1sc2nc(C(C)Sc3nnc(-c4ccncc4)n3C)[nH]c(=O)c2c1C. The van der Waals surface area contributed by atoms with Crippen LogP contribution in [0.15, 0.2) is 34.5 Å². The second-order valence-electron chi connectivity index (χ2n) is 6.28. The van der Waals surface area contributed by atoms with Crippen LogP contribution in [0.1, 0.15) is 28.4 Å². The third kappa shape index (κ3) is 3.17. The molecule has 0 amide bonds. The van der Waals surface area contributed by atoms with Gasteiger partial charge in [-0.25, -0.2) is 4.98 Å². The van der Waals surface area contributed by atoms with E-state index in [1.165, 1.54) is 11.8 Å². The molecule has 0 radical (unpaired) electrons. The first-order chi connectivity index (χ1) is 13.0. The van der Waals surface area contributed by atoms with Crippen LogP contribution in [0.2, 0.25) is 0 Å². The van der Waals surface area contributed by atoms with Crippen molar-refractivity contribution in [2.45, 2.75) is 31.2 Å². The van der Waals surface area contributed by atoms with Crippen molar-refractivity contribution in [3.05, 3.63) is 51.1 Å². The standard InChI is InChI=1S/C18H18N6OS2/c1-9-10(2)26-17-13(9)16(25)20-14(21-17)11(3)27-18-23-22-15(24(18)4)12-5-7-19-8-6-12/h5-8,11H,1-4H3,(H,20,21,25). The van der Waals surface area contributed by atoms with E-state index in [9.17, 15) is 4.79 Å². The van der Waals surface area contributed by atoms with Crippen LogP contribution in [0.3, 0.4) is 0 Å². The number of hydrogen-bond acceptors (Lipinski definition) is 7. The van der Waals surface area contributed by atoms with Gasteiger partial charge in [-0.2, -0.15) is 0 Å². The molecular formula is C18H18N6OS2. The first kappa shape index (κ1) is 17.9. The van der Waals surface area contributed by atoms with Gasteiger partial charge in [0, 0.05) is 29.9 Å². The average Bonchev–Trinajstić information content (AvgIpc) is 3.16. The molecule has 1 atom stereocenters. The van der Waals surface area contributed by atoms with E-state index in [0.717, 1.165) is 31.8 Å². The highest BCUT2D eigenvalue weighted by Crippen LogP contribution is 2.34. The van der Waals surface area contributed by atoms with Gasteiger partial charge in [-0.05, 0) is 38.5 Å². The summed E-state index contributed by atoms with van der Waals surface area (Å²) in [6.45, 7) is 5.98. The number of rotatable bonds is 4. The molecule has 4 heterocycles. The molecule has 0 saturated carbocycles. The number of thiophene rings is 1. The van der Waals surface area contributed by atoms with Crippen molar-refractivity contribution in [2.75, 3.05) is 0 Å². The third-order valence-corrected chi connectivity index (χ3v) is 6.74. The summed E-state index contributed by atoms with van der Waals surface area (Å²) in [6.07, 6.45) is 3.46. The Labute approximate surface area is 163 Å². The summed E-state index contributed by atoms with van der Waals surface area (Å²) in [5.41, 5.74) is 1.88. The van der Waals surface area contributed by atoms with E-state index in [1.807, 2.05) is 44.5 Å². The van der Waals surface area contributed by atoms with E-state index in [2.05, 4.69) is 25.1 Å². The molecule has 4 aromatic rings. The smallest absolute Gasteiger partial charge is 0.259 e. The lowest BCUT2D eigenvalue weighted by molar-refractivity contribution is 0.786. The van der Waals surface area contributed by atoms with E-state index in [4.69, 9.17) is 0 Å². The van der Waals surface area contributed by atoms with Crippen molar-refractivity contribution in [2.24, 2.45) is 7.05 Å². The first-order valence-corrected chi connectivity index (χ1v) is 10.1. The van der Waals surface area contributed by atoms with Crippen molar-refractivity contribution in [3.63, 3.8) is 0 Å². The van der Waals surface area contributed by atoms with Crippen LogP contribution in [0.25, 0.3) is 21.6 Å². The Balaban J connectivity index is 1.65. The fraction of sp³-hybridized carbons (Fsp3) is 0.278. The van der Waals surface area contributed by atoms with Gasteiger partial charge in [0.25, 0.3) is 5.56 Å². The lowest BCUT2D eigenvalue weighted by Gasteiger charge is -2.10. The average molecular weight is 399 g/mol. The summed E-state index contributed by atoms with van der Waals surface area (Å²) >= 11 is 3.07. The second kappa shape index (κ2) is 6.90. The highest BCUT2D eigenvalue weighted by molar-refractivity contribution is 7.99. The van der Waals surface area contributed by atoms with E-state index >= 15 is 0 Å². The zero-order valence-electron chi connectivity index (χ0n) is 15.3. The van der Waals surface area contributed by atoms with Crippen LogP contribution in [0, 0.1) is 13.8 Å². The van der Waals surface area contributed by atoms with Crippen LogP contribution in [0.5, 0.6) is 0 Å². The number of thioether (sulfide) groups is 1. The maximum absolute atomic E-state index is 12.5. The van der Waals surface area contributed by atoms with Crippen molar-refractivity contribution >= 4 is 33.3 Å². The second-order valence-corrected chi connectivity index (χ2v) is 8.79. The lowest BCUT2D eigenvalue weighted by Crippen LogP contribution is -2.12. The number of aromatic amines is 1. The number of aromatic nitrogens is 6. The van der Waals surface area contributed by atoms with Gasteiger partial charge in [-0.15, -0.1) is 21.5 Å². The maximum atomic E-state index is 12.5. The molecule has 0 fully saturated rings. The Morgan fingerprint density at radius 3 is 2.70 bits per heavy atom. The molecule has 0 aromatic carbocycles. The molecule has 4 aromatic heterocycles. The number of nitrogens with zero attached hydrogens (tertiary/aromatic N) is 5. The molecule has 27 heavy (non-hydrogen) atoms. The number of H-pyrrole nitrogens is 1. The molecule has 1 N–H and O–H groups in total. The van der Waals surface area contributed by atoms with Gasteiger partial charge < -0.3 is 9.55 Å². The molecule has 0 aliphatic heterocycles. The molecule has 138 valence electrons. The minimum absolute atomic E-state index is 0.0713. The van der Waals surface area contributed by atoms with Crippen molar-refractivity contribution in [1.82, 2.24) is 29.7 Å². The van der Waals surface area contributed by atoms with Crippen LogP contribution in [0.4, 0.5) is 0 Å². The summed E-state index contributed by atoms with van der Waals surface area (Å²) in [4.78, 5) is 26.1. The molecule has 1 unspecified atom stereocenters. The molecule has 0 saturated heterocycles. The summed E-state index contributed by atoms with van der Waals surface area (Å²) < 4.78 is 1.94. The number of aryl methyl sites for hydroxylation is 2. The summed E-state index contributed by atoms with van der Waals surface area (Å²) in [5, 5.41) is 9.97. The van der Waals surface area contributed by atoms with Gasteiger partial charge in [0.05, 0.1) is 10.6 Å². The fourth-order valence-electron chi connectivity index (χ4n) is 2.85. The molecule has 0 spiro atoms. The third-order valence-electron chi connectivity index (χ3n) is 4.50. The van der Waals surface area contributed by atoms with E-state index in [-0.39, 0.29) is 10.8 Å². The van der Waals surface area contributed by atoms with Crippen molar-refractivity contribution < 1.29 is 0 Å². The topological polar surface area (TPSA) is 89.3 Å². The Kier molecular flexibility index (Phi) is 4.56. The number of fused-ring (bicyclic) bond motifs is 1. The lowest BCUT2D eigenvalue weighted by atomic mass is 10.2. The molecule has 0 aliphatic carbocycles. The van der Waals surface area contributed by atoms with Crippen molar-refractivity contribution in [3.8, 4) is 11.4 Å². The van der Waals surface area contributed by atoms with Crippen LogP contribution in [-0.4, -0.2) is 29.7 Å². The minimum atomic E-state index is -0.0836. The molecule has 0 bridgehead atoms. The Hall–Kier alpha value is -2.52. The van der Waals surface area contributed by atoms with Crippen LogP contribution >= 0.6 is 23.1 Å². The van der Waals surface area contributed by atoms with Gasteiger partial charge in [-0.1, -0.05) is 11.8 Å². The first-order valence-electron chi connectivity index (χ1n) is 8.42. The van der Waals surface area contributed by atoms with E-state index in [1.54, 1.807) is 23.7 Å². The highest BCUT2D eigenvalue weighted by Gasteiger charge is 2.19. The number of nitrogens with one attached hydrogen (secondary N) is 1. The predicted octanol–water partition coefficient (Wildman–Crippen LogP) is 3.65. The van der Waals surface area contributed by atoms with E-state index < -0.39 is 0 Å². The van der Waals surface area contributed by atoms with Crippen LogP contribution in [-0.2, 0) is 7.05 Å². The zero-order chi connectivity index (χ0) is 19.1. The van der Waals surface area contributed by atoms with Gasteiger partial charge in [0.1, 0.15) is 10.7 Å². The van der Waals surface area contributed by atoms with Gasteiger partial charge in [0.2, 0.25) is 0 Å². The minimum Gasteiger partial charge on any atom is -0.309 e. The predicted molar refractivity (Wildman–Crippen MR) is 108 cm³/mol. The molecule has 7 nitrogen and oxygen atoms in total. The van der Waals surface area contributed by atoms with Crippen LogP contribution < -0.4 is 5.56 Å². The Morgan fingerprint density at radius 2 is 1.96 bits per heavy atom. The number of hydrogen-bond donors (Lipinski definition) is 1. The molecular weight excluding hydrogens is 380 g/mol. The Morgan fingerprint density at radius 1 is 1.22 bits per heavy atom. The summed E-state index contributed by atoms with van der Waals surface area (Å²) in [6, 6.07) is 3.80. The van der Waals surface area contributed by atoms with Gasteiger partial charge >= 0.3 is 0 Å². The monoisotopic (exact) mass is 398 g/mol. The van der Waals surface area contributed by atoms with E-state index in [0.29, 0.717) is 11.2 Å².